The highest BCUT2D eigenvalue weighted by Gasteiger charge is 2.54. The van der Waals surface area contributed by atoms with Crippen LogP contribution in [0.15, 0.2) is 121 Å². The molecule has 5 heteroatoms. The molecule has 0 N–H and O–H groups in total. The summed E-state index contributed by atoms with van der Waals surface area (Å²) in [5, 5.41) is 0. The van der Waals surface area contributed by atoms with Crippen LogP contribution in [-0.4, -0.2) is 29.7 Å². The Balaban J connectivity index is 1.35. The van der Waals surface area contributed by atoms with E-state index in [2.05, 4.69) is 48.5 Å². The van der Waals surface area contributed by atoms with Crippen molar-refractivity contribution in [2.24, 2.45) is 0 Å². The summed E-state index contributed by atoms with van der Waals surface area (Å²) in [7, 11) is 0. The summed E-state index contributed by atoms with van der Waals surface area (Å²) in [5.41, 5.74) is 4.47. The first-order chi connectivity index (χ1) is 19.2. The van der Waals surface area contributed by atoms with Gasteiger partial charge in [-0.2, -0.15) is 12.6 Å². The fraction of sp³-hybridized carbons (Fsp3) is 0.294. The van der Waals surface area contributed by atoms with E-state index in [1.165, 1.54) is 0 Å². The summed E-state index contributed by atoms with van der Waals surface area (Å²) < 4.78 is 25.4. The van der Waals surface area contributed by atoms with Crippen molar-refractivity contribution in [3.8, 4) is 0 Å². The van der Waals surface area contributed by atoms with Crippen molar-refractivity contribution in [2.75, 3.05) is 6.61 Å². The number of ether oxygens (including phenoxy) is 4. The normalized spacial score (nSPS) is 22.6. The lowest BCUT2D eigenvalue weighted by Gasteiger charge is -2.33. The third-order valence-electron chi connectivity index (χ3n) is 7.08. The van der Waals surface area contributed by atoms with Crippen molar-refractivity contribution < 1.29 is 18.9 Å². The van der Waals surface area contributed by atoms with Crippen molar-refractivity contribution in [1.29, 1.82) is 0 Å². The van der Waals surface area contributed by atoms with Crippen molar-refractivity contribution in [3.05, 3.63) is 144 Å². The fourth-order valence-electron chi connectivity index (χ4n) is 5.05. The van der Waals surface area contributed by atoms with Gasteiger partial charge in [0.05, 0.1) is 43.9 Å². The van der Waals surface area contributed by atoms with E-state index in [9.17, 15) is 0 Å². The minimum atomic E-state index is -0.591. The summed E-state index contributed by atoms with van der Waals surface area (Å²) in [6.45, 7) is 2.36. The Morgan fingerprint density at radius 3 is 1.44 bits per heavy atom. The Labute approximate surface area is 237 Å². The second-order valence-electron chi connectivity index (χ2n) is 10.1. The molecular formula is C34H36O4S. The van der Waals surface area contributed by atoms with Crippen LogP contribution < -0.4 is 0 Å². The number of thiol groups is 1. The number of hydrogen-bond donors (Lipinski definition) is 1. The molecule has 1 saturated carbocycles. The molecule has 0 saturated heterocycles. The van der Waals surface area contributed by atoms with Crippen LogP contribution in [0.25, 0.3) is 0 Å². The highest BCUT2D eigenvalue weighted by atomic mass is 32.1. The molecule has 0 unspecified atom stereocenters. The molecule has 4 aromatic rings. The minimum Gasteiger partial charge on any atom is -0.375 e. The summed E-state index contributed by atoms with van der Waals surface area (Å²) in [6.07, 6.45) is -0.194. The number of benzene rings is 4. The minimum absolute atomic E-state index is 0.201. The van der Waals surface area contributed by atoms with Crippen LogP contribution in [0.1, 0.15) is 28.7 Å². The van der Waals surface area contributed by atoms with Crippen molar-refractivity contribution >= 4 is 12.6 Å². The van der Waals surface area contributed by atoms with Gasteiger partial charge in [-0.1, -0.05) is 121 Å². The van der Waals surface area contributed by atoms with E-state index in [0.29, 0.717) is 39.5 Å². The van der Waals surface area contributed by atoms with Gasteiger partial charge >= 0.3 is 0 Å². The fourth-order valence-corrected chi connectivity index (χ4v) is 5.54. The predicted molar refractivity (Wildman–Crippen MR) is 157 cm³/mol. The molecule has 202 valence electrons. The number of rotatable bonds is 13. The van der Waals surface area contributed by atoms with Crippen molar-refractivity contribution in [2.45, 2.75) is 55.9 Å². The van der Waals surface area contributed by atoms with Crippen LogP contribution in [0.2, 0.25) is 0 Å². The topological polar surface area (TPSA) is 36.9 Å². The molecule has 0 bridgehead atoms. The van der Waals surface area contributed by atoms with Gasteiger partial charge in [-0.15, -0.1) is 0 Å². The van der Waals surface area contributed by atoms with Crippen molar-refractivity contribution in [3.63, 3.8) is 0 Å². The third-order valence-corrected chi connectivity index (χ3v) is 7.64. The van der Waals surface area contributed by atoms with Crippen LogP contribution in [0.5, 0.6) is 0 Å². The molecule has 5 rings (SSSR count). The molecule has 39 heavy (non-hydrogen) atoms. The highest BCUT2D eigenvalue weighted by molar-refractivity contribution is 7.82. The second kappa shape index (κ2) is 13.9. The van der Waals surface area contributed by atoms with Crippen LogP contribution >= 0.6 is 12.6 Å². The van der Waals surface area contributed by atoms with Gasteiger partial charge in [0.25, 0.3) is 0 Å². The second-order valence-corrected chi connectivity index (χ2v) is 11.0. The molecule has 0 aliphatic heterocycles. The maximum Gasteiger partial charge on any atom is 0.112 e. The molecule has 4 atom stereocenters. The van der Waals surface area contributed by atoms with Gasteiger partial charge in [0.1, 0.15) is 12.2 Å². The lowest BCUT2D eigenvalue weighted by atomic mass is 10.0. The van der Waals surface area contributed by atoms with Gasteiger partial charge in [0.15, 0.2) is 0 Å². The molecule has 0 radical (unpaired) electrons. The summed E-state index contributed by atoms with van der Waals surface area (Å²) >= 11 is 5.24. The third kappa shape index (κ3) is 7.81. The molecule has 1 aliphatic carbocycles. The van der Waals surface area contributed by atoms with Crippen LogP contribution in [0.3, 0.4) is 0 Å². The average Bonchev–Trinajstić information content (AvgIpc) is 3.26. The first-order valence-corrected chi connectivity index (χ1v) is 13.9. The van der Waals surface area contributed by atoms with Crippen molar-refractivity contribution in [1.82, 2.24) is 0 Å². The summed E-state index contributed by atoms with van der Waals surface area (Å²) in [6, 6.07) is 40.9. The lowest BCUT2D eigenvalue weighted by molar-refractivity contribution is -0.127. The Hall–Kier alpha value is -2.93. The Morgan fingerprint density at radius 2 is 0.949 bits per heavy atom. The Bertz CT molecular complexity index is 1240. The van der Waals surface area contributed by atoms with E-state index in [4.69, 9.17) is 31.6 Å². The summed E-state index contributed by atoms with van der Waals surface area (Å²) in [4.78, 5) is 0. The van der Waals surface area contributed by atoms with Gasteiger partial charge in [-0.3, -0.25) is 0 Å². The highest BCUT2D eigenvalue weighted by Crippen LogP contribution is 2.43. The van der Waals surface area contributed by atoms with E-state index in [0.717, 1.165) is 22.3 Å². The van der Waals surface area contributed by atoms with E-state index in [1.807, 2.05) is 72.8 Å². The van der Waals surface area contributed by atoms with Gasteiger partial charge in [-0.25, -0.2) is 0 Å². The molecule has 1 aliphatic rings. The zero-order chi connectivity index (χ0) is 26.8. The first-order valence-electron chi connectivity index (χ1n) is 13.5. The van der Waals surface area contributed by atoms with E-state index in [-0.39, 0.29) is 18.3 Å². The lowest BCUT2D eigenvalue weighted by Crippen LogP contribution is -2.45. The largest absolute Gasteiger partial charge is 0.375 e. The van der Waals surface area contributed by atoms with Gasteiger partial charge in [0, 0.05) is 0 Å². The molecule has 1 fully saturated rings. The molecule has 4 aromatic carbocycles. The standard InChI is InChI=1S/C34H36O4S/c39-34(26-35-22-27-13-5-1-6-14-27)21-31(36-23-28-15-7-2-8-16-28)32(37-24-29-17-9-3-10-18-29)33(34)38-25-30-19-11-4-12-20-30/h1-20,31-33,39H,21-26H2/t31-,32+,33-,34+/m0/s1. The maximum atomic E-state index is 6.63. The average molecular weight is 541 g/mol. The van der Waals surface area contributed by atoms with Gasteiger partial charge in [0.2, 0.25) is 0 Å². The predicted octanol–water partition coefficient (Wildman–Crippen LogP) is 7.03. The van der Waals surface area contributed by atoms with E-state index >= 15 is 0 Å². The monoisotopic (exact) mass is 540 g/mol. The van der Waals surface area contributed by atoms with Crippen LogP contribution in [0, 0.1) is 0 Å². The molecular weight excluding hydrogens is 504 g/mol. The Morgan fingerprint density at radius 1 is 0.538 bits per heavy atom. The molecule has 0 heterocycles. The maximum absolute atomic E-state index is 6.63. The van der Waals surface area contributed by atoms with E-state index < -0.39 is 4.75 Å². The van der Waals surface area contributed by atoms with Gasteiger partial charge < -0.3 is 18.9 Å². The first kappa shape index (κ1) is 27.6. The molecule has 0 aromatic heterocycles. The smallest absolute Gasteiger partial charge is 0.112 e. The number of hydrogen-bond acceptors (Lipinski definition) is 5. The molecule has 0 amide bonds. The zero-order valence-electron chi connectivity index (χ0n) is 22.1. The molecule has 0 spiro atoms. The Kier molecular flexibility index (Phi) is 9.86. The zero-order valence-corrected chi connectivity index (χ0v) is 23.0. The quantitative estimate of drug-likeness (QED) is 0.185. The van der Waals surface area contributed by atoms with E-state index in [1.54, 1.807) is 0 Å². The summed E-state index contributed by atoms with van der Waals surface area (Å²) in [5.74, 6) is 0. The van der Waals surface area contributed by atoms with Crippen LogP contribution in [-0.2, 0) is 45.4 Å². The van der Waals surface area contributed by atoms with Crippen LogP contribution in [0.4, 0.5) is 0 Å². The SMILES string of the molecule is S[C@@]1(COCc2ccccc2)C[C@H](OCc2ccccc2)[C@@H](OCc2ccccc2)[C@@H]1OCc1ccccc1. The molecule has 4 nitrogen and oxygen atoms in total. The van der Waals surface area contributed by atoms with Gasteiger partial charge in [-0.05, 0) is 28.7 Å².